The normalized spacial score (nSPS) is 16.1. The fourth-order valence-electron chi connectivity index (χ4n) is 2.71. The van der Waals surface area contributed by atoms with Gasteiger partial charge in [-0.25, -0.2) is 0 Å². The Morgan fingerprint density at radius 2 is 2.05 bits per heavy atom. The Balaban J connectivity index is 2.11. The molecule has 4 nitrogen and oxygen atoms in total. The lowest BCUT2D eigenvalue weighted by molar-refractivity contribution is -0.137. The van der Waals surface area contributed by atoms with Crippen molar-refractivity contribution in [3.05, 3.63) is 29.8 Å². The number of nitrogens with zero attached hydrogens (tertiary/aromatic N) is 1. The maximum Gasteiger partial charge on any atom is 0.304 e. The molecule has 0 spiro atoms. The summed E-state index contributed by atoms with van der Waals surface area (Å²) in [5.41, 5.74) is 1.24. The van der Waals surface area contributed by atoms with Crippen LogP contribution >= 0.6 is 0 Å². The fraction of sp³-hybridized carbons (Fsp3) is 0.562. The summed E-state index contributed by atoms with van der Waals surface area (Å²) >= 11 is 0. The Morgan fingerprint density at radius 1 is 1.40 bits per heavy atom. The molecule has 0 amide bonds. The minimum absolute atomic E-state index is 0.211. The van der Waals surface area contributed by atoms with Crippen molar-refractivity contribution in [3.63, 3.8) is 0 Å². The van der Waals surface area contributed by atoms with Gasteiger partial charge in [-0.15, -0.1) is 0 Å². The second kappa shape index (κ2) is 6.75. The highest BCUT2D eigenvalue weighted by molar-refractivity contribution is 5.66. The molecule has 1 aromatic carbocycles. The van der Waals surface area contributed by atoms with Crippen LogP contribution in [0.3, 0.4) is 0 Å². The average molecular weight is 277 g/mol. The number of hydrogen-bond acceptors (Lipinski definition) is 3. The van der Waals surface area contributed by atoms with Crippen LogP contribution in [-0.4, -0.2) is 35.7 Å². The second-order valence-electron chi connectivity index (χ2n) is 5.31. The average Bonchev–Trinajstić information content (AvgIpc) is 3.28. The lowest BCUT2D eigenvalue weighted by Crippen LogP contribution is -2.32. The van der Waals surface area contributed by atoms with E-state index in [1.165, 1.54) is 18.4 Å². The number of carboxylic acids is 1. The SMILES string of the molecule is CCC(c1ccc(OC)cc1)N(CCC(=O)O)C1CC1. The molecular weight excluding hydrogens is 254 g/mol. The third-order valence-electron chi connectivity index (χ3n) is 3.89. The van der Waals surface area contributed by atoms with Crippen molar-refractivity contribution < 1.29 is 14.6 Å². The zero-order valence-electron chi connectivity index (χ0n) is 12.2. The Morgan fingerprint density at radius 3 is 2.50 bits per heavy atom. The molecule has 2 rings (SSSR count). The van der Waals surface area contributed by atoms with Crippen LogP contribution in [0.25, 0.3) is 0 Å². The summed E-state index contributed by atoms with van der Waals surface area (Å²) in [5.74, 6) is 0.132. The number of aliphatic carboxylic acids is 1. The first-order chi connectivity index (χ1) is 9.65. The molecule has 0 bridgehead atoms. The number of rotatable bonds is 8. The molecule has 0 aromatic heterocycles. The van der Waals surface area contributed by atoms with E-state index in [0.29, 0.717) is 18.6 Å². The summed E-state index contributed by atoms with van der Waals surface area (Å²) in [7, 11) is 1.66. The van der Waals surface area contributed by atoms with Crippen molar-refractivity contribution in [1.29, 1.82) is 0 Å². The van der Waals surface area contributed by atoms with Gasteiger partial charge in [0.05, 0.1) is 13.5 Å². The Labute approximate surface area is 120 Å². The molecule has 1 N–H and O–H groups in total. The van der Waals surface area contributed by atoms with Gasteiger partial charge in [-0.05, 0) is 37.0 Å². The zero-order valence-corrected chi connectivity index (χ0v) is 12.2. The summed E-state index contributed by atoms with van der Waals surface area (Å²) in [4.78, 5) is 13.2. The number of benzene rings is 1. The molecule has 0 aliphatic heterocycles. The van der Waals surface area contributed by atoms with Crippen molar-refractivity contribution in [2.75, 3.05) is 13.7 Å². The zero-order chi connectivity index (χ0) is 14.5. The van der Waals surface area contributed by atoms with Crippen LogP contribution in [0.1, 0.15) is 44.2 Å². The highest BCUT2D eigenvalue weighted by Crippen LogP contribution is 2.36. The third-order valence-corrected chi connectivity index (χ3v) is 3.89. The van der Waals surface area contributed by atoms with E-state index in [1.54, 1.807) is 7.11 Å². The van der Waals surface area contributed by atoms with E-state index in [9.17, 15) is 4.79 Å². The van der Waals surface area contributed by atoms with Crippen LogP contribution in [0, 0.1) is 0 Å². The maximum atomic E-state index is 10.8. The van der Waals surface area contributed by atoms with Crippen molar-refractivity contribution in [1.82, 2.24) is 4.90 Å². The first kappa shape index (κ1) is 14.9. The van der Waals surface area contributed by atoms with Crippen LogP contribution in [0.15, 0.2) is 24.3 Å². The van der Waals surface area contributed by atoms with Crippen LogP contribution < -0.4 is 4.74 Å². The van der Waals surface area contributed by atoms with Gasteiger partial charge in [-0.1, -0.05) is 19.1 Å². The van der Waals surface area contributed by atoms with Gasteiger partial charge in [0.25, 0.3) is 0 Å². The van der Waals surface area contributed by atoms with Crippen LogP contribution in [0.5, 0.6) is 5.75 Å². The van der Waals surface area contributed by atoms with E-state index in [-0.39, 0.29) is 6.42 Å². The predicted octanol–water partition coefficient (Wildman–Crippen LogP) is 3.09. The van der Waals surface area contributed by atoms with E-state index in [0.717, 1.165) is 12.2 Å². The van der Waals surface area contributed by atoms with Gasteiger partial charge in [-0.2, -0.15) is 0 Å². The molecule has 20 heavy (non-hydrogen) atoms. The predicted molar refractivity (Wildman–Crippen MR) is 78.0 cm³/mol. The Kier molecular flexibility index (Phi) is 5.01. The molecule has 0 heterocycles. The summed E-state index contributed by atoms with van der Waals surface area (Å²) in [6.07, 6.45) is 3.57. The molecule has 1 unspecified atom stereocenters. The van der Waals surface area contributed by atoms with E-state index < -0.39 is 5.97 Å². The highest BCUT2D eigenvalue weighted by atomic mass is 16.5. The van der Waals surface area contributed by atoms with Crippen molar-refractivity contribution in [3.8, 4) is 5.75 Å². The molecular formula is C16H23NO3. The molecule has 0 radical (unpaired) electrons. The second-order valence-corrected chi connectivity index (χ2v) is 5.31. The molecule has 1 aliphatic rings. The van der Waals surface area contributed by atoms with Gasteiger partial charge in [0.2, 0.25) is 0 Å². The van der Waals surface area contributed by atoms with E-state index in [2.05, 4.69) is 24.0 Å². The largest absolute Gasteiger partial charge is 0.497 e. The highest BCUT2D eigenvalue weighted by Gasteiger charge is 2.33. The van der Waals surface area contributed by atoms with Gasteiger partial charge in [0.1, 0.15) is 5.75 Å². The van der Waals surface area contributed by atoms with Crippen LogP contribution in [-0.2, 0) is 4.79 Å². The monoisotopic (exact) mass is 277 g/mol. The maximum absolute atomic E-state index is 10.8. The summed E-state index contributed by atoms with van der Waals surface area (Å²) in [6.45, 7) is 2.79. The van der Waals surface area contributed by atoms with Crippen LogP contribution in [0.4, 0.5) is 0 Å². The topological polar surface area (TPSA) is 49.8 Å². The Bertz CT molecular complexity index is 440. The molecule has 0 saturated heterocycles. The number of carboxylic acid groups (broad SMARTS) is 1. The molecule has 4 heteroatoms. The number of methoxy groups -OCH3 is 1. The van der Waals surface area contributed by atoms with E-state index in [4.69, 9.17) is 9.84 Å². The first-order valence-corrected chi connectivity index (χ1v) is 7.27. The van der Waals surface area contributed by atoms with Crippen molar-refractivity contribution in [2.45, 2.75) is 44.7 Å². The van der Waals surface area contributed by atoms with Gasteiger partial charge in [-0.3, -0.25) is 9.69 Å². The third kappa shape index (κ3) is 3.73. The summed E-state index contributed by atoms with van der Waals surface area (Å²) in [6, 6.07) is 8.97. The van der Waals surface area contributed by atoms with E-state index >= 15 is 0 Å². The Hall–Kier alpha value is -1.55. The minimum Gasteiger partial charge on any atom is -0.497 e. The molecule has 1 aliphatic carbocycles. The van der Waals surface area contributed by atoms with Crippen molar-refractivity contribution in [2.24, 2.45) is 0 Å². The number of hydrogen-bond donors (Lipinski definition) is 1. The quantitative estimate of drug-likeness (QED) is 0.793. The standard InChI is InChI=1S/C16H23NO3/c1-3-15(12-4-8-14(20-2)9-5-12)17(13-6-7-13)11-10-16(18)19/h4-5,8-9,13,15H,3,6-7,10-11H2,1-2H3,(H,18,19). The minimum atomic E-state index is -0.722. The summed E-state index contributed by atoms with van der Waals surface area (Å²) < 4.78 is 5.19. The lowest BCUT2D eigenvalue weighted by Gasteiger charge is -2.31. The smallest absolute Gasteiger partial charge is 0.304 e. The molecule has 1 atom stereocenters. The van der Waals surface area contributed by atoms with Gasteiger partial charge >= 0.3 is 5.97 Å². The molecule has 110 valence electrons. The van der Waals surface area contributed by atoms with E-state index in [1.807, 2.05) is 12.1 Å². The van der Waals surface area contributed by atoms with Gasteiger partial charge < -0.3 is 9.84 Å². The molecule has 1 fully saturated rings. The first-order valence-electron chi connectivity index (χ1n) is 7.27. The summed E-state index contributed by atoms with van der Waals surface area (Å²) in [5, 5.41) is 8.91. The van der Waals surface area contributed by atoms with Crippen molar-refractivity contribution >= 4 is 5.97 Å². The molecule has 1 aromatic rings. The lowest BCUT2D eigenvalue weighted by atomic mass is 10.0. The number of ether oxygens (including phenoxy) is 1. The number of carbonyl (C=O) groups is 1. The fourth-order valence-corrected chi connectivity index (χ4v) is 2.71. The van der Waals surface area contributed by atoms with Gasteiger partial charge in [0, 0.05) is 18.6 Å². The molecule has 1 saturated carbocycles. The van der Waals surface area contributed by atoms with Gasteiger partial charge in [0.15, 0.2) is 0 Å². The van der Waals surface area contributed by atoms with Crippen LogP contribution in [0.2, 0.25) is 0 Å².